The van der Waals surface area contributed by atoms with Crippen LogP contribution in [0, 0.1) is 0 Å². The molecule has 0 spiro atoms. The Hall–Kier alpha value is -5.04. The monoisotopic (exact) mass is 834 g/mol. The number of esters is 2. The van der Waals surface area contributed by atoms with Crippen molar-refractivity contribution in [2.75, 3.05) is 0 Å². The molecule has 0 atom stereocenters. The number of cyclic esters (lactones) is 2. The van der Waals surface area contributed by atoms with Crippen LogP contribution in [0.5, 0.6) is 0 Å². The molecule has 0 saturated carbocycles. The minimum atomic E-state index is -1.12. The van der Waals surface area contributed by atoms with Crippen molar-refractivity contribution in [3.63, 3.8) is 0 Å². The van der Waals surface area contributed by atoms with Crippen LogP contribution in [0.1, 0.15) is 73.3 Å². The Morgan fingerprint density at radius 1 is 0.458 bits per heavy atom. The van der Waals surface area contributed by atoms with Gasteiger partial charge in [-0.1, -0.05) is 108 Å². The van der Waals surface area contributed by atoms with Crippen LogP contribution < -0.4 is 0 Å². The van der Waals surface area contributed by atoms with Gasteiger partial charge in [0.1, 0.15) is 0 Å². The Morgan fingerprint density at radius 2 is 0.875 bits per heavy atom. The molecule has 0 fully saturated rings. The lowest BCUT2D eigenvalue weighted by atomic mass is 9.98. The third kappa shape index (κ3) is 8.85. The van der Waals surface area contributed by atoms with Crippen molar-refractivity contribution in [3.05, 3.63) is 173 Å². The van der Waals surface area contributed by atoms with Gasteiger partial charge in [-0.15, -0.1) is 0 Å². The molecule has 0 aliphatic carbocycles. The Labute approximate surface area is 298 Å². The predicted molar refractivity (Wildman–Crippen MR) is 186 cm³/mol. The van der Waals surface area contributed by atoms with Crippen LogP contribution in [0.15, 0.2) is 129 Å². The summed E-state index contributed by atoms with van der Waals surface area (Å²) in [4.78, 5) is 68.6. The van der Waals surface area contributed by atoms with Gasteiger partial charge in [0.15, 0.2) is 11.6 Å². The molecule has 12 heteroatoms. The van der Waals surface area contributed by atoms with Gasteiger partial charge in [0, 0.05) is 35.7 Å². The Balaban J connectivity index is 0.000000166. The second-order valence-electron chi connectivity index (χ2n) is 9.75. The molecule has 48 heavy (non-hydrogen) atoms. The number of carbonyl (C=O) groups is 6. The Kier molecular flexibility index (Phi) is 12.1. The van der Waals surface area contributed by atoms with Crippen LogP contribution in [-0.4, -0.2) is 45.7 Å². The van der Waals surface area contributed by atoms with E-state index in [0.29, 0.717) is 31.2 Å². The maximum atomic E-state index is 12.2. The summed E-state index contributed by atoms with van der Waals surface area (Å²) >= 11 is 9.63. The maximum absolute atomic E-state index is 12.2. The summed E-state index contributed by atoms with van der Waals surface area (Å²) in [6, 6.07) is 31.2. The standard InChI is InChI=1S/2C14H9BrO3.C8H3BrO3/c15-10-6-7-11(14(17)18)12(8-10)13(16)9-4-2-1-3-5-9;15-10-6-7-11(12(8-10)14(17)18)13(16)9-4-2-1-3-5-9;9-4-1-2-5-6(3-4)8(11)12-7(5)10/h2*1-8H,(H,17,18);1-3H. The number of aromatic carboxylic acids is 2. The molecule has 0 aromatic heterocycles. The highest BCUT2D eigenvalue weighted by Crippen LogP contribution is 2.24. The number of ether oxygens (including phenoxy) is 1. The number of ketones is 2. The molecule has 0 saturated heterocycles. The lowest BCUT2D eigenvalue weighted by Gasteiger charge is -2.06. The summed E-state index contributed by atoms with van der Waals surface area (Å²) in [6.45, 7) is 0. The molecule has 0 bridgehead atoms. The second-order valence-corrected chi connectivity index (χ2v) is 12.5. The highest BCUT2D eigenvalue weighted by atomic mass is 79.9. The van der Waals surface area contributed by atoms with Gasteiger partial charge in [-0.25, -0.2) is 19.2 Å². The van der Waals surface area contributed by atoms with Crippen molar-refractivity contribution in [1.82, 2.24) is 0 Å². The van der Waals surface area contributed by atoms with E-state index < -0.39 is 23.9 Å². The van der Waals surface area contributed by atoms with Crippen molar-refractivity contribution < 1.29 is 43.7 Å². The summed E-state index contributed by atoms with van der Waals surface area (Å²) in [7, 11) is 0. The van der Waals surface area contributed by atoms with Gasteiger partial charge in [-0.05, 0) is 54.6 Å². The maximum Gasteiger partial charge on any atom is 0.346 e. The molecule has 2 N–H and O–H groups in total. The van der Waals surface area contributed by atoms with Crippen molar-refractivity contribution in [2.24, 2.45) is 0 Å². The van der Waals surface area contributed by atoms with E-state index >= 15 is 0 Å². The highest BCUT2D eigenvalue weighted by Gasteiger charge is 2.29. The fraction of sp³-hybridized carbons (Fsp3) is 0. The fourth-order valence-corrected chi connectivity index (χ4v) is 5.41. The van der Waals surface area contributed by atoms with E-state index in [1.165, 1.54) is 24.3 Å². The summed E-state index contributed by atoms with van der Waals surface area (Å²) < 4.78 is 6.45. The molecule has 1 aliphatic heterocycles. The SMILES string of the molecule is O=C(O)c1cc(Br)ccc1C(=O)c1ccccc1.O=C(O)c1ccc(Br)cc1C(=O)c1ccccc1.O=C1OC(=O)c2cc(Br)ccc21. The highest BCUT2D eigenvalue weighted by molar-refractivity contribution is 9.11. The van der Waals surface area contributed by atoms with Crippen molar-refractivity contribution in [1.29, 1.82) is 0 Å². The minimum absolute atomic E-state index is 0.00164. The first kappa shape index (κ1) is 35.8. The second kappa shape index (κ2) is 16.2. The van der Waals surface area contributed by atoms with E-state index in [9.17, 15) is 28.8 Å². The summed E-state index contributed by atoms with van der Waals surface area (Å²) in [5, 5.41) is 18.2. The number of hydrogen-bond donors (Lipinski definition) is 2. The van der Waals surface area contributed by atoms with E-state index in [-0.39, 0.29) is 33.8 Å². The molecule has 0 amide bonds. The minimum Gasteiger partial charge on any atom is -0.478 e. The number of benzene rings is 5. The largest absolute Gasteiger partial charge is 0.478 e. The van der Waals surface area contributed by atoms with Gasteiger partial charge in [-0.2, -0.15) is 0 Å². The van der Waals surface area contributed by atoms with Crippen LogP contribution in [0.4, 0.5) is 0 Å². The molecular weight excluding hydrogens is 816 g/mol. The van der Waals surface area contributed by atoms with Crippen LogP contribution >= 0.6 is 47.8 Å². The lowest BCUT2D eigenvalue weighted by Crippen LogP contribution is -2.09. The molecule has 9 nitrogen and oxygen atoms in total. The zero-order valence-corrected chi connectivity index (χ0v) is 29.1. The zero-order valence-electron chi connectivity index (χ0n) is 24.4. The fourth-order valence-electron chi connectivity index (χ4n) is 4.33. The van der Waals surface area contributed by atoms with Crippen LogP contribution in [0.3, 0.4) is 0 Å². The third-order valence-electron chi connectivity index (χ3n) is 6.59. The molecule has 1 heterocycles. The van der Waals surface area contributed by atoms with E-state index in [1.807, 2.05) is 0 Å². The first-order valence-electron chi connectivity index (χ1n) is 13.7. The summed E-state index contributed by atoms with van der Waals surface area (Å²) in [5.74, 6) is -3.95. The molecule has 0 radical (unpaired) electrons. The molecule has 1 aliphatic rings. The van der Waals surface area contributed by atoms with Gasteiger partial charge in [0.25, 0.3) is 0 Å². The zero-order chi connectivity index (χ0) is 35.0. The molecule has 240 valence electrons. The topological polar surface area (TPSA) is 152 Å². The normalized spacial score (nSPS) is 11.1. The molecular formula is C36H21Br3O9. The van der Waals surface area contributed by atoms with Crippen molar-refractivity contribution >= 4 is 83.2 Å². The third-order valence-corrected chi connectivity index (χ3v) is 8.07. The first-order chi connectivity index (χ1) is 22.9. The first-order valence-corrected chi connectivity index (χ1v) is 16.1. The summed E-state index contributed by atoms with van der Waals surface area (Å²) in [6.07, 6.45) is 0. The van der Waals surface area contributed by atoms with Crippen LogP contribution in [-0.2, 0) is 4.74 Å². The Morgan fingerprint density at radius 3 is 1.40 bits per heavy atom. The molecule has 0 unspecified atom stereocenters. The Bertz CT molecular complexity index is 2060. The summed E-state index contributed by atoms with van der Waals surface area (Å²) in [5.41, 5.74) is 1.99. The average Bonchev–Trinajstić information content (AvgIpc) is 3.36. The van der Waals surface area contributed by atoms with Gasteiger partial charge in [0.05, 0.1) is 22.3 Å². The number of fused-ring (bicyclic) bond motifs is 1. The number of halogens is 3. The smallest absolute Gasteiger partial charge is 0.346 e. The van der Waals surface area contributed by atoms with E-state index in [1.54, 1.807) is 91.0 Å². The van der Waals surface area contributed by atoms with E-state index in [0.717, 1.165) is 4.47 Å². The van der Waals surface area contributed by atoms with Gasteiger partial charge < -0.3 is 14.9 Å². The number of carbonyl (C=O) groups excluding carboxylic acids is 4. The van der Waals surface area contributed by atoms with E-state index in [4.69, 9.17) is 10.2 Å². The predicted octanol–water partition coefficient (Wildman–Crippen LogP) is 8.52. The van der Waals surface area contributed by atoms with Gasteiger partial charge >= 0.3 is 23.9 Å². The number of hydrogen-bond acceptors (Lipinski definition) is 7. The number of carboxylic acid groups (broad SMARTS) is 2. The van der Waals surface area contributed by atoms with Crippen LogP contribution in [0.2, 0.25) is 0 Å². The molecule has 6 rings (SSSR count). The quantitative estimate of drug-likeness (QED) is 0.0974. The van der Waals surface area contributed by atoms with Crippen molar-refractivity contribution in [3.8, 4) is 0 Å². The lowest BCUT2D eigenvalue weighted by molar-refractivity contribution is 0.0442. The molecule has 5 aromatic carbocycles. The van der Waals surface area contributed by atoms with Crippen LogP contribution in [0.25, 0.3) is 0 Å². The average molecular weight is 837 g/mol. The number of carboxylic acids is 2. The molecule has 5 aromatic rings. The van der Waals surface area contributed by atoms with E-state index in [2.05, 4.69) is 52.5 Å². The van der Waals surface area contributed by atoms with Gasteiger partial charge in [-0.3, -0.25) is 9.59 Å². The van der Waals surface area contributed by atoms with Crippen molar-refractivity contribution in [2.45, 2.75) is 0 Å². The number of rotatable bonds is 6. The van der Waals surface area contributed by atoms with Gasteiger partial charge in [0.2, 0.25) is 0 Å².